The van der Waals surface area contributed by atoms with E-state index in [-0.39, 0.29) is 17.9 Å². The lowest BCUT2D eigenvalue weighted by Crippen LogP contribution is -2.46. The van der Waals surface area contributed by atoms with Gasteiger partial charge in [-0.2, -0.15) is 0 Å². The zero-order valence-corrected chi connectivity index (χ0v) is 16.6. The number of rotatable bonds is 9. The minimum Gasteiger partial charge on any atom is -0.370 e. The Morgan fingerprint density at radius 3 is 2.26 bits per heavy atom. The molecule has 7 heteroatoms. The van der Waals surface area contributed by atoms with Crippen LogP contribution in [0.5, 0.6) is 0 Å². The summed E-state index contributed by atoms with van der Waals surface area (Å²) in [4.78, 5) is 19.0. The Kier molecular flexibility index (Phi) is 9.22. The Labute approximate surface area is 162 Å². The van der Waals surface area contributed by atoms with Gasteiger partial charge >= 0.3 is 0 Å². The van der Waals surface area contributed by atoms with Crippen molar-refractivity contribution in [2.45, 2.75) is 46.7 Å². The molecule has 1 aromatic carbocycles. The molecule has 0 amide bonds. The number of hydrogen-bond acceptors (Lipinski definition) is 4. The molecule has 0 saturated heterocycles. The molecule has 0 aromatic heterocycles. The van der Waals surface area contributed by atoms with E-state index in [4.69, 9.17) is 11.5 Å². The zero-order valence-electron chi connectivity index (χ0n) is 16.6. The molecule has 0 heterocycles. The van der Waals surface area contributed by atoms with E-state index in [1.807, 2.05) is 24.3 Å². The van der Waals surface area contributed by atoms with Crippen LogP contribution in [-0.2, 0) is 17.9 Å². The van der Waals surface area contributed by atoms with Crippen LogP contribution in [0.15, 0.2) is 46.5 Å². The lowest BCUT2D eigenvalue weighted by Gasteiger charge is -2.30. The lowest BCUT2D eigenvalue weighted by atomic mass is 9.82. The third kappa shape index (κ3) is 7.22. The summed E-state index contributed by atoms with van der Waals surface area (Å²) in [7, 11) is 0. The zero-order chi connectivity index (χ0) is 20.3. The highest BCUT2D eigenvalue weighted by molar-refractivity contribution is 5.98. The van der Waals surface area contributed by atoms with Crippen molar-refractivity contribution in [2.75, 3.05) is 6.54 Å². The number of hydrogen-bond donors (Lipinski definition) is 4. The van der Waals surface area contributed by atoms with E-state index in [2.05, 4.69) is 48.0 Å². The van der Waals surface area contributed by atoms with Crippen LogP contribution in [0, 0.1) is 5.41 Å². The van der Waals surface area contributed by atoms with Crippen molar-refractivity contribution in [2.24, 2.45) is 26.9 Å². The number of guanidine groups is 2. The van der Waals surface area contributed by atoms with Gasteiger partial charge < -0.3 is 21.6 Å². The Morgan fingerprint density at radius 1 is 1.15 bits per heavy atom. The van der Waals surface area contributed by atoms with Crippen molar-refractivity contribution in [1.29, 1.82) is 0 Å². The van der Waals surface area contributed by atoms with Gasteiger partial charge in [-0.05, 0) is 24.0 Å². The second kappa shape index (κ2) is 11.1. The molecule has 0 aliphatic rings. The smallest absolute Gasteiger partial charge is 0.202 e. The quantitative estimate of drug-likeness (QED) is 0.300. The molecular weight excluding hydrogens is 340 g/mol. The summed E-state index contributed by atoms with van der Waals surface area (Å²) in [5, 5.41) is 6.16. The third-order valence-corrected chi connectivity index (χ3v) is 4.82. The minimum absolute atomic E-state index is 0.00472. The van der Waals surface area contributed by atoms with Crippen LogP contribution < -0.4 is 22.1 Å². The summed E-state index contributed by atoms with van der Waals surface area (Å²) in [6.07, 6.45) is 2.57. The number of benzene rings is 1. The fraction of sp³-hybridized carbons (Fsp3) is 0.450. The molecule has 0 aliphatic heterocycles. The Morgan fingerprint density at radius 2 is 1.74 bits per heavy atom. The van der Waals surface area contributed by atoms with E-state index in [1.54, 1.807) is 0 Å². The van der Waals surface area contributed by atoms with Crippen LogP contribution in [0.25, 0.3) is 0 Å². The maximum atomic E-state index is 10.5. The monoisotopic (exact) mass is 372 g/mol. The number of nitrogens with one attached hydrogen (secondary N) is 2. The van der Waals surface area contributed by atoms with E-state index < -0.39 is 0 Å². The predicted octanol–water partition coefficient (Wildman–Crippen LogP) is 2.03. The first-order valence-electron chi connectivity index (χ1n) is 9.17. The van der Waals surface area contributed by atoms with Gasteiger partial charge in [-0.3, -0.25) is 5.32 Å². The average Bonchev–Trinajstić information content (AvgIpc) is 2.70. The first-order chi connectivity index (χ1) is 12.9. The Balaban J connectivity index is 2.97. The molecule has 6 N–H and O–H groups in total. The van der Waals surface area contributed by atoms with Gasteiger partial charge in [0.2, 0.25) is 5.96 Å². The summed E-state index contributed by atoms with van der Waals surface area (Å²) in [5.74, 6) is 0.567. The van der Waals surface area contributed by atoms with Crippen molar-refractivity contribution >= 4 is 18.2 Å². The van der Waals surface area contributed by atoms with Gasteiger partial charge in [0.1, 0.15) is 6.29 Å². The highest BCUT2D eigenvalue weighted by Gasteiger charge is 2.24. The molecule has 0 radical (unpaired) electrons. The summed E-state index contributed by atoms with van der Waals surface area (Å²) in [6.45, 7) is 11.5. The van der Waals surface area contributed by atoms with Gasteiger partial charge in [0.15, 0.2) is 5.96 Å². The molecule has 0 spiro atoms. The van der Waals surface area contributed by atoms with Crippen LogP contribution in [-0.4, -0.2) is 24.8 Å². The first-order valence-corrected chi connectivity index (χ1v) is 9.17. The normalized spacial score (nSPS) is 12.6. The number of carbonyl (C=O) groups excluding carboxylic acids is 1. The fourth-order valence-electron chi connectivity index (χ4n) is 2.33. The molecule has 0 unspecified atom stereocenters. The van der Waals surface area contributed by atoms with Crippen LogP contribution in [0.4, 0.5) is 0 Å². The molecule has 0 aliphatic carbocycles. The molecule has 0 saturated carbocycles. The van der Waals surface area contributed by atoms with Gasteiger partial charge in [-0.15, -0.1) is 0 Å². The second-order valence-electron chi connectivity index (χ2n) is 6.57. The van der Waals surface area contributed by atoms with E-state index in [1.165, 1.54) is 0 Å². The number of aldehydes is 1. The van der Waals surface area contributed by atoms with E-state index >= 15 is 0 Å². The lowest BCUT2D eigenvalue weighted by molar-refractivity contribution is -0.106. The Bertz CT molecular complexity index is 674. The van der Waals surface area contributed by atoms with Crippen LogP contribution >= 0.6 is 0 Å². The van der Waals surface area contributed by atoms with Crippen molar-refractivity contribution in [3.63, 3.8) is 0 Å². The van der Waals surface area contributed by atoms with Gasteiger partial charge in [-0.25, -0.2) is 9.98 Å². The number of nitrogens with two attached hydrogens (primary N) is 2. The van der Waals surface area contributed by atoms with Crippen molar-refractivity contribution in [3.05, 3.63) is 47.7 Å². The fourth-order valence-corrected chi connectivity index (χ4v) is 2.33. The minimum atomic E-state index is -0.0695. The van der Waals surface area contributed by atoms with Gasteiger partial charge in [0.25, 0.3) is 0 Å². The average molecular weight is 373 g/mol. The summed E-state index contributed by atoms with van der Waals surface area (Å²) < 4.78 is 0. The number of nitrogens with zero attached hydrogens (tertiary/aromatic N) is 2. The van der Waals surface area contributed by atoms with Gasteiger partial charge in [0, 0.05) is 17.7 Å². The maximum absolute atomic E-state index is 10.5. The molecule has 7 nitrogen and oxygen atoms in total. The maximum Gasteiger partial charge on any atom is 0.202 e. The molecule has 1 rings (SSSR count). The Hall–Kier alpha value is -2.67. The number of carbonyl (C=O) groups is 1. The third-order valence-electron chi connectivity index (χ3n) is 4.82. The summed E-state index contributed by atoms with van der Waals surface area (Å²) in [6, 6.07) is 7.94. The molecule has 0 atom stereocenters. The van der Waals surface area contributed by atoms with Crippen molar-refractivity contribution in [3.8, 4) is 0 Å². The van der Waals surface area contributed by atoms with Crippen LogP contribution in [0.1, 0.15) is 44.7 Å². The van der Waals surface area contributed by atoms with E-state index in [0.29, 0.717) is 25.3 Å². The molecule has 27 heavy (non-hydrogen) atoms. The number of allylic oxidation sites excluding steroid dienone is 1. The van der Waals surface area contributed by atoms with E-state index in [0.717, 1.165) is 29.7 Å². The second-order valence-corrected chi connectivity index (χ2v) is 6.57. The highest BCUT2D eigenvalue weighted by Crippen LogP contribution is 2.31. The molecule has 0 fully saturated rings. The van der Waals surface area contributed by atoms with Crippen LogP contribution in [0.3, 0.4) is 0 Å². The van der Waals surface area contributed by atoms with Crippen LogP contribution in [0.2, 0.25) is 0 Å². The number of aliphatic imine (C=N–C) groups is 2. The molecule has 0 bridgehead atoms. The van der Waals surface area contributed by atoms with E-state index in [9.17, 15) is 4.79 Å². The van der Waals surface area contributed by atoms with Gasteiger partial charge in [0.05, 0.1) is 13.1 Å². The predicted molar refractivity (Wildman–Crippen MR) is 112 cm³/mol. The first kappa shape index (κ1) is 22.4. The van der Waals surface area contributed by atoms with Crippen molar-refractivity contribution in [1.82, 2.24) is 10.6 Å². The summed E-state index contributed by atoms with van der Waals surface area (Å²) in [5.41, 5.74) is 14.3. The van der Waals surface area contributed by atoms with Crippen molar-refractivity contribution < 1.29 is 4.79 Å². The molecule has 148 valence electrons. The highest BCUT2D eigenvalue weighted by atomic mass is 16.1. The topological polar surface area (TPSA) is 118 Å². The molecular formula is C20H32N6O. The summed E-state index contributed by atoms with van der Waals surface area (Å²) >= 11 is 0. The van der Waals surface area contributed by atoms with Gasteiger partial charge in [-0.1, -0.05) is 51.6 Å². The molecule has 1 aromatic rings. The standard InChI is InChI=1S/C20H32N6O/c1-5-20(4,6-2)15(3)25-19(26-18(22)23-11-12-27)24-14-17-9-7-16(13-21)8-10-17/h7-10,12H,3,5-6,11,13-14,21H2,1-2,4H3,(H4,22,23,24,25,26). The SMILES string of the molecule is C=C(NC(=NCc1ccc(CN)cc1)NC(N)=NCC=O)C(C)(CC)CC. The largest absolute Gasteiger partial charge is 0.370 e.